The summed E-state index contributed by atoms with van der Waals surface area (Å²) in [7, 11) is 0. The highest BCUT2D eigenvalue weighted by Gasteiger charge is 2.22. The monoisotopic (exact) mass is 310 g/mol. The van der Waals surface area contributed by atoms with Gasteiger partial charge >= 0.3 is 0 Å². The van der Waals surface area contributed by atoms with Crippen LogP contribution in [0.15, 0.2) is 30.6 Å². The maximum Gasteiger partial charge on any atom is 0.135 e. The van der Waals surface area contributed by atoms with Crippen molar-refractivity contribution in [2.75, 3.05) is 16.8 Å². The minimum atomic E-state index is 0.604. The molecule has 0 aliphatic carbocycles. The highest BCUT2D eigenvalue weighted by Crippen LogP contribution is 2.27. The Morgan fingerprint density at radius 1 is 1.22 bits per heavy atom. The standard InChI is InChI=1S/C19H26N4/c1-4-16-9-5-6-11-23(16)19-12-18(20-13-21-19)22-17-10-7-8-14(2)15(17)3/h7-8,10,12-13,16H,4-6,9,11H2,1-3H3,(H,20,21,22). The van der Waals surface area contributed by atoms with Crippen LogP contribution in [0.1, 0.15) is 43.7 Å². The molecule has 1 aromatic carbocycles. The van der Waals surface area contributed by atoms with Gasteiger partial charge in [-0.25, -0.2) is 9.97 Å². The predicted molar refractivity (Wildman–Crippen MR) is 96.5 cm³/mol. The van der Waals surface area contributed by atoms with Crippen molar-refractivity contribution in [2.45, 2.75) is 52.5 Å². The smallest absolute Gasteiger partial charge is 0.135 e. The number of aryl methyl sites for hydroxylation is 1. The number of anilines is 3. The summed E-state index contributed by atoms with van der Waals surface area (Å²) in [4.78, 5) is 11.4. The second-order valence-corrected chi connectivity index (χ2v) is 6.39. The molecule has 1 unspecified atom stereocenters. The maximum absolute atomic E-state index is 4.52. The van der Waals surface area contributed by atoms with E-state index in [2.05, 4.69) is 65.2 Å². The lowest BCUT2D eigenvalue weighted by molar-refractivity contribution is 0.446. The van der Waals surface area contributed by atoms with E-state index in [1.54, 1.807) is 6.33 Å². The van der Waals surface area contributed by atoms with Gasteiger partial charge in [0.2, 0.25) is 0 Å². The quantitative estimate of drug-likeness (QED) is 0.895. The van der Waals surface area contributed by atoms with E-state index in [4.69, 9.17) is 0 Å². The largest absolute Gasteiger partial charge is 0.353 e. The molecule has 0 radical (unpaired) electrons. The van der Waals surface area contributed by atoms with Gasteiger partial charge in [0.1, 0.15) is 18.0 Å². The molecule has 1 aromatic heterocycles. The highest BCUT2D eigenvalue weighted by molar-refractivity contribution is 5.63. The highest BCUT2D eigenvalue weighted by atomic mass is 15.2. The zero-order valence-corrected chi connectivity index (χ0v) is 14.3. The van der Waals surface area contributed by atoms with Crippen molar-refractivity contribution in [3.63, 3.8) is 0 Å². The van der Waals surface area contributed by atoms with E-state index in [0.29, 0.717) is 6.04 Å². The van der Waals surface area contributed by atoms with E-state index in [-0.39, 0.29) is 0 Å². The van der Waals surface area contributed by atoms with Gasteiger partial charge in [0, 0.05) is 24.3 Å². The third kappa shape index (κ3) is 3.46. The fourth-order valence-electron chi connectivity index (χ4n) is 3.32. The van der Waals surface area contributed by atoms with Gasteiger partial charge in [0.05, 0.1) is 0 Å². The van der Waals surface area contributed by atoms with Crippen molar-refractivity contribution >= 4 is 17.3 Å². The SMILES string of the molecule is CCC1CCCCN1c1cc(Nc2cccc(C)c2C)ncn1. The van der Waals surface area contributed by atoms with Crippen molar-refractivity contribution in [1.82, 2.24) is 9.97 Å². The molecule has 1 aliphatic heterocycles. The first kappa shape index (κ1) is 15.8. The lowest BCUT2D eigenvalue weighted by Crippen LogP contribution is -2.39. The maximum atomic E-state index is 4.52. The van der Waals surface area contributed by atoms with Crippen LogP contribution in [0.25, 0.3) is 0 Å². The summed E-state index contributed by atoms with van der Waals surface area (Å²) in [5.41, 5.74) is 3.66. The van der Waals surface area contributed by atoms with Crippen LogP contribution in [0.2, 0.25) is 0 Å². The number of hydrogen-bond acceptors (Lipinski definition) is 4. The third-order valence-corrected chi connectivity index (χ3v) is 4.91. The summed E-state index contributed by atoms with van der Waals surface area (Å²) in [6.07, 6.45) is 6.68. The van der Waals surface area contributed by atoms with Crippen LogP contribution in [-0.4, -0.2) is 22.6 Å². The third-order valence-electron chi connectivity index (χ3n) is 4.91. The van der Waals surface area contributed by atoms with Gasteiger partial charge in [-0.05, 0) is 56.7 Å². The van der Waals surface area contributed by atoms with Gasteiger partial charge in [0.25, 0.3) is 0 Å². The van der Waals surface area contributed by atoms with Gasteiger partial charge in [-0.15, -0.1) is 0 Å². The van der Waals surface area contributed by atoms with Crippen LogP contribution >= 0.6 is 0 Å². The van der Waals surface area contributed by atoms with E-state index < -0.39 is 0 Å². The number of aromatic nitrogens is 2. The zero-order valence-electron chi connectivity index (χ0n) is 14.3. The number of piperidine rings is 1. The van der Waals surface area contributed by atoms with Gasteiger partial charge < -0.3 is 10.2 Å². The number of benzene rings is 1. The van der Waals surface area contributed by atoms with E-state index >= 15 is 0 Å². The Labute approximate surface area is 139 Å². The average Bonchev–Trinajstić information content (AvgIpc) is 2.59. The Bertz CT molecular complexity index is 668. The van der Waals surface area contributed by atoms with Gasteiger partial charge in [0.15, 0.2) is 0 Å². The van der Waals surface area contributed by atoms with Crippen LogP contribution < -0.4 is 10.2 Å². The summed E-state index contributed by atoms with van der Waals surface area (Å²) in [6.45, 7) is 7.63. The fraction of sp³-hybridized carbons (Fsp3) is 0.474. The molecule has 0 bridgehead atoms. The van der Waals surface area contributed by atoms with E-state index in [0.717, 1.165) is 23.9 Å². The van der Waals surface area contributed by atoms with Crippen molar-refractivity contribution in [2.24, 2.45) is 0 Å². The minimum absolute atomic E-state index is 0.604. The molecule has 23 heavy (non-hydrogen) atoms. The molecular weight excluding hydrogens is 284 g/mol. The molecule has 1 N–H and O–H groups in total. The predicted octanol–water partition coefficient (Wildman–Crippen LogP) is 4.61. The molecule has 4 heteroatoms. The molecular formula is C19H26N4. The normalized spacial score (nSPS) is 18.0. The van der Waals surface area contributed by atoms with Crippen LogP contribution in [0, 0.1) is 13.8 Å². The molecule has 0 amide bonds. The summed E-state index contributed by atoms with van der Waals surface area (Å²) >= 11 is 0. The summed E-state index contributed by atoms with van der Waals surface area (Å²) in [5.74, 6) is 1.91. The van der Waals surface area contributed by atoms with E-state index in [1.165, 1.54) is 36.8 Å². The van der Waals surface area contributed by atoms with E-state index in [9.17, 15) is 0 Å². The first-order chi connectivity index (χ1) is 11.2. The number of nitrogens with zero attached hydrogens (tertiary/aromatic N) is 3. The summed E-state index contributed by atoms with van der Waals surface area (Å²) in [6, 6.07) is 8.98. The molecule has 2 heterocycles. The van der Waals surface area contributed by atoms with Crippen molar-refractivity contribution in [1.29, 1.82) is 0 Å². The Morgan fingerprint density at radius 3 is 2.91 bits per heavy atom. The Morgan fingerprint density at radius 2 is 2.09 bits per heavy atom. The second-order valence-electron chi connectivity index (χ2n) is 6.39. The Balaban J connectivity index is 1.83. The molecule has 2 aromatic rings. The summed E-state index contributed by atoms with van der Waals surface area (Å²) in [5, 5.41) is 3.45. The molecule has 1 aliphatic rings. The van der Waals surface area contributed by atoms with E-state index in [1.807, 2.05) is 0 Å². The van der Waals surface area contributed by atoms with Gasteiger partial charge in [-0.3, -0.25) is 0 Å². The van der Waals surface area contributed by atoms with Crippen molar-refractivity contribution in [3.8, 4) is 0 Å². The molecule has 1 saturated heterocycles. The molecule has 4 nitrogen and oxygen atoms in total. The Hall–Kier alpha value is -2.10. The molecule has 1 atom stereocenters. The van der Waals surface area contributed by atoms with Crippen LogP contribution in [-0.2, 0) is 0 Å². The number of hydrogen-bond donors (Lipinski definition) is 1. The second kappa shape index (κ2) is 6.99. The molecule has 122 valence electrons. The summed E-state index contributed by atoms with van der Waals surface area (Å²) < 4.78 is 0. The zero-order chi connectivity index (χ0) is 16.2. The first-order valence-electron chi connectivity index (χ1n) is 8.61. The topological polar surface area (TPSA) is 41.0 Å². The Kier molecular flexibility index (Phi) is 4.79. The number of nitrogens with one attached hydrogen (secondary N) is 1. The lowest BCUT2D eigenvalue weighted by atomic mass is 10.0. The fourth-order valence-corrected chi connectivity index (χ4v) is 3.32. The first-order valence-corrected chi connectivity index (χ1v) is 8.61. The minimum Gasteiger partial charge on any atom is -0.353 e. The molecule has 0 spiro atoms. The van der Waals surface area contributed by atoms with Gasteiger partial charge in [-0.2, -0.15) is 0 Å². The number of rotatable bonds is 4. The van der Waals surface area contributed by atoms with Crippen molar-refractivity contribution < 1.29 is 0 Å². The average molecular weight is 310 g/mol. The van der Waals surface area contributed by atoms with Crippen LogP contribution in [0.3, 0.4) is 0 Å². The van der Waals surface area contributed by atoms with Gasteiger partial charge in [-0.1, -0.05) is 19.1 Å². The molecule has 0 saturated carbocycles. The molecule has 1 fully saturated rings. The van der Waals surface area contributed by atoms with Crippen LogP contribution in [0.5, 0.6) is 0 Å². The van der Waals surface area contributed by atoms with Crippen LogP contribution in [0.4, 0.5) is 17.3 Å². The van der Waals surface area contributed by atoms with Crippen molar-refractivity contribution in [3.05, 3.63) is 41.7 Å². The lowest BCUT2D eigenvalue weighted by Gasteiger charge is -2.36. The molecule has 3 rings (SSSR count).